The molecule has 0 saturated carbocycles. The summed E-state index contributed by atoms with van der Waals surface area (Å²) in [5.41, 5.74) is 3.34. The van der Waals surface area contributed by atoms with E-state index in [4.69, 9.17) is 0 Å². The molecule has 12 heavy (non-hydrogen) atoms. The number of carbonyl (C=O) groups is 1. The minimum Gasteiger partial charge on any atom is -0.299 e. The van der Waals surface area contributed by atoms with Gasteiger partial charge in [-0.15, -0.1) is 0 Å². The van der Waals surface area contributed by atoms with Crippen LogP contribution in [0.3, 0.4) is 0 Å². The summed E-state index contributed by atoms with van der Waals surface area (Å²) in [4.78, 5) is 10.2. The number of hydrogen-bond donors (Lipinski definition) is 0. The zero-order chi connectivity index (χ0) is 8.97. The van der Waals surface area contributed by atoms with Gasteiger partial charge in [-0.2, -0.15) is 0 Å². The van der Waals surface area contributed by atoms with Crippen LogP contribution in [0.4, 0.5) is 0 Å². The van der Waals surface area contributed by atoms with Gasteiger partial charge < -0.3 is 0 Å². The van der Waals surface area contributed by atoms with Gasteiger partial charge in [0, 0.05) is 0 Å². The first kappa shape index (κ1) is 8.72. The van der Waals surface area contributed by atoms with E-state index in [0.29, 0.717) is 0 Å². The average Bonchev–Trinajstić information content (AvgIpc) is 2.06. The van der Waals surface area contributed by atoms with E-state index in [-0.39, 0.29) is 0 Å². The summed E-state index contributed by atoms with van der Waals surface area (Å²) in [6, 6.07) is 8.12. The van der Waals surface area contributed by atoms with Crippen molar-refractivity contribution in [1.29, 1.82) is 0 Å². The lowest BCUT2D eigenvalue weighted by Crippen LogP contribution is -1.80. The molecule has 1 heteroatoms. The predicted molar refractivity (Wildman–Crippen MR) is 50.9 cm³/mol. The average molecular weight is 160 g/mol. The number of aldehydes is 1. The molecule has 0 atom stereocenters. The number of allylic oxidation sites excluding steroid dienone is 2. The Bertz CT molecular complexity index is 293. The summed E-state index contributed by atoms with van der Waals surface area (Å²) >= 11 is 0. The van der Waals surface area contributed by atoms with E-state index in [0.717, 1.165) is 17.4 Å². The molecule has 1 rings (SSSR count). The quantitative estimate of drug-likeness (QED) is 0.480. The largest absolute Gasteiger partial charge is 0.299 e. The lowest BCUT2D eigenvalue weighted by Gasteiger charge is -1.99. The number of rotatable bonds is 2. The molecule has 62 valence electrons. The minimum absolute atomic E-state index is 0.815. The molecule has 0 saturated heterocycles. The van der Waals surface area contributed by atoms with Crippen LogP contribution >= 0.6 is 0 Å². The van der Waals surface area contributed by atoms with Crippen molar-refractivity contribution in [2.75, 3.05) is 0 Å². The van der Waals surface area contributed by atoms with Crippen molar-refractivity contribution in [1.82, 2.24) is 0 Å². The molecule has 0 unspecified atom stereocenters. The van der Waals surface area contributed by atoms with Gasteiger partial charge in [-0.1, -0.05) is 29.8 Å². The Morgan fingerprint density at radius 3 is 2.33 bits per heavy atom. The van der Waals surface area contributed by atoms with Crippen LogP contribution < -0.4 is 0 Å². The van der Waals surface area contributed by atoms with Crippen molar-refractivity contribution in [2.24, 2.45) is 0 Å². The molecule has 0 N–H and O–H groups in total. The summed E-state index contributed by atoms with van der Waals surface area (Å²) in [7, 11) is 0. The van der Waals surface area contributed by atoms with Gasteiger partial charge in [0.25, 0.3) is 0 Å². The van der Waals surface area contributed by atoms with Crippen molar-refractivity contribution >= 4 is 11.9 Å². The molecule has 1 nitrogen and oxygen atoms in total. The molecule has 0 radical (unpaired) electrons. The number of aryl methyl sites for hydroxylation is 1. The second-order valence-corrected chi connectivity index (χ2v) is 2.85. The van der Waals surface area contributed by atoms with E-state index in [9.17, 15) is 4.79 Å². The first-order valence-corrected chi connectivity index (χ1v) is 3.93. The zero-order valence-corrected chi connectivity index (χ0v) is 7.37. The summed E-state index contributed by atoms with van der Waals surface area (Å²) < 4.78 is 0. The molecule has 0 bridgehead atoms. The van der Waals surface area contributed by atoms with Crippen LogP contribution in [0.5, 0.6) is 0 Å². The third-order valence-electron chi connectivity index (χ3n) is 1.82. The predicted octanol–water partition coefficient (Wildman–Crippen LogP) is 2.60. The van der Waals surface area contributed by atoms with Crippen LogP contribution in [-0.4, -0.2) is 6.29 Å². The maximum absolute atomic E-state index is 10.2. The van der Waals surface area contributed by atoms with E-state index in [1.54, 1.807) is 6.08 Å². The van der Waals surface area contributed by atoms with Crippen LogP contribution in [0, 0.1) is 6.92 Å². The minimum atomic E-state index is 0.815. The highest BCUT2D eigenvalue weighted by molar-refractivity contribution is 5.80. The SMILES string of the molecule is C/C(=C\C=O)c1ccc(C)cc1. The van der Waals surface area contributed by atoms with Crippen LogP contribution in [0.1, 0.15) is 18.1 Å². The fourth-order valence-electron chi connectivity index (χ4n) is 1.01. The van der Waals surface area contributed by atoms with Crippen LogP contribution in [0.2, 0.25) is 0 Å². The smallest absolute Gasteiger partial charge is 0.143 e. The van der Waals surface area contributed by atoms with E-state index >= 15 is 0 Å². The Morgan fingerprint density at radius 1 is 1.25 bits per heavy atom. The first-order chi connectivity index (χ1) is 5.74. The maximum atomic E-state index is 10.2. The van der Waals surface area contributed by atoms with Crippen molar-refractivity contribution in [3.63, 3.8) is 0 Å². The molecule has 0 aromatic heterocycles. The van der Waals surface area contributed by atoms with Gasteiger partial charge in [0.1, 0.15) is 6.29 Å². The summed E-state index contributed by atoms with van der Waals surface area (Å²) in [5.74, 6) is 0. The molecular weight excluding hydrogens is 148 g/mol. The highest BCUT2D eigenvalue weighted by Crippen LogP contribution is 2.12. The molecule has 0 amide bonds. The number of carbonyl (C=O) groups excluding carboxylic acids is 1. The standard InChI is InChI=1S/C11H12O/c1-9-3-5-11(6-4-9)10(2)7-8-12/h3-8H,1-2H3/b10-7+. The van der Waals surface area contributed by atoms with Crippen molar-refractivity contribution < 1.29 is 4.79 Å². The Morgan fingerprint density at radius 2 is 1.83 bits per heavy atom. The van der Waals surface area contributed by atoms with E-state index in [2.05, 4.69) is 0 Å². The highest BCUT2D eigenvalue weighted by atomic mass is 16.1. The van der Waals surface area contributed by atoms with Gasteiger partial charge in [-0.05, 0) is 31.1 Å². The van der Waals surface area contributed by atoms with E-state index in [1.165, 1.54) is 5.56 Å². The molecular formula is C11H12O. The second-order valence-electron chi connectivity index (χ2n) is 2.85. The van der Waals surface area contributed by atoms with Gasteiger partial charge in [0.2, 0.25) is 0 Å². The van der Waals surface area contributed by atoms with Gasteiger partial charge >= 0.3 is 0 Å². The van der Waals surface area contributed by atoms with Crippen molar-refractivity contribution in [3.8, 4) is 0 Å². The van der Waals surface area contributed by atoms with Crippen LogP contribution in [-0.2, 0) is 4.79 Å². The van der Waals surface area contributed by atoms with Crippen molar-refractivity contribution in [3.05, 3.63) is 41.5 Å². The third-order valence-corrected chi connectivity index (χ3v) is 1.82. The highest BCUT2D eigenvalue weighted by Gasteiger charge is 1.92. The second kappa shape index (κ2) is 3.86. The molecule has 1 aromatic rings. The van der Waals surface area contributed by atoms with Gasteiger partial charge in [-0.25, -0.2) is 0 Å². The Labute approximate surface area is 72.7 Å². The summed E-state index contributed by atoms with van der Waals surface area (Å²) in [6.07, 6.45) is 2.39. The zero-order valence-electron chi connectivity index (χ0n) is 7.37. The number of benzene rings is 1. The third kappa shape index (κ3) is 2.06. The molecule has 0 aliphatic heterocycles. The fraction of sp³-hybridized carbons (Fsp3) is 0.182. The lowest BCUT2D eigenvalue weighted by molar-refractivity contribution is -0.104. The molecule has 0 aliphatic rings. The van der Waals surface area contributed by atoms with Gasteiger partial charge in [0.15, 0.2) is 0 Å². The van der Waals surface area contributed by atoms with E-state index in [1.807, 2.05) is 38.1 Å². The normalized spacial score (nSPS) is 11.3. The lowest BCUT2D eigenvalue weighted by atomic mass is 10.1. The topological polar surface area (TPSA) is 17.1 Å². The van der Waals surface area contributed by atoms with Crippen LogP contribution in [0.15, 0.2) is 30.3 Å². The molecule has 0 heterocycles. The Balaban J connectivity index is 2.97. The van der Waals surface area contributed by atoms with E-state index < -0.39 is 0 Å². The summed E-state index contributed by atoms with van der Waals surface area (Å²) in [6.45, 7) is 3.97. The Hall–Kier alpha value is -1.37. The van der Waals surface area contributed by atoms with Crippen LogP contribution in [0.25, 0.3) is 5.57 Å². The first-order valence-electron chi connectivity index (χ1n) is 3.93. The maximum Gasteiger partial charge on any atom is 0.143 e. The molecule has 0 fully saturated rings. The molecule has 1 aromatic carbocycles. The fourth-order valence-corrected chi connectivity index (χ4v) is 1.01. The Kier molecular flexibility index (Phi) is 2.81. The van der Waals surface area contributed by atoms with Gasteiger partial charge in [-0.3, -0.25) is 4.79 Å². The monoisotopic (exact) mass is 160 g/mol. The number of hydrogen-bond acceptors (Lipinski definition) is 1. The molecule has 0 aliphatic carbocycles. The van der Waals surface area contributed by atoms with Crippen molar-refractivity contribution in [2.45, 2.75) is 13.8 Å². The summed E-state index contributed by atoms with van der Waals surface area (Å²) in [5, 5.41) is 0. The molecule has 0 spiro atoms. The van der Waals surface area contributed by atoms with Gasteiger partial charge in [0.05, 0.1) is 0 Å².